The van der Waals surface area contributed by atoms with E-state index in [2.05, 4.69) is 20.5 Å². The molecular weight excluding hydrogens is 446 g/mol. The van der Waals surface area contributed by atoms with Gasteiger partial charge in [-0.2, -0.15) is 13.2 Å². The minimum absolute atomic E-state index is 0. The van der Waals surface area contributed by atoms with Crippen molar-refractivity contribution >= 4 is 29.9 Å². The highest BCUT2D eigenvalue weighted by Gasteiger charge is 2.34. The highest BCUT2D eigenvalue weighted by Crippen LogP contribution is 2.19. The van der Waals surface area contributed by atoms with E-state index < -0.39 is 12.7 Å². The second-order valence-electron chi connectivity index (χ2n) is 6.74. The minimum atomic E-state index is -4.12. The number of aliphatic imine (C=N–C) groups is 1. The molecule has 0 saturated carbocycles. The number of rotatable bonds is 5. The Morgan fingerprint density at radius 1 is 1.08 bits per heavy atom. The molecule has 0 spiro atoms. The monoisotopic (exact) mass is 477 g/mol. The van der Waals surface area contributed by atoms with Crippen molar-refractivity contribution in [2.24, 2.45) is 4.99 Å². The first kappa shape index (κ1) is 22.8. The fourth-order valence-electron chi connectivity index (χ4n) is 3.43. The fourth-order valence-corrected chi connectivity index (χ4v) is 3.43. The SMILES string of the molecule is CN=C(NCCN1CCCCCC1)NC1CCN(CC(F)(F)F)C1.I. The Balaban J connectivity index is 0.00000312. The van der Waals surface area contributed by atoms with Gasteiger partial charge in [-0.1, -0.05) is 12.8 Å². The van der Waals surface area contributed by atoms with Crippen LogP contribution in [0.4, 0.5) is 13.2 Å². The first-order valence-electron chi connectivity index (χ1n) is 8.95. The summed E-state index contributed by atoms with van der Waals surface area (Å²) in [5.41, 5.74) is 0. The van der Waals surface area contributed by atoms with Crippen molar-refractivity contribution in [3.8, 4) is 0 Å². The first-order chi connectivity index (χ1) is 11.5. The van der Waals surface area contributed by atoms with Crippen LogP contribution in [0.1, 0.15) is 32.1 Å². The number of hydrogen-bond donors (Lipinski definition) is 2. The second-order valence-corrected chi connectivity index (χ2v) is 6.74. The molecule has 25 heavy (non-hydrogen) atoms. The number of nitrogens with one attached hydrogen (secondary N) is 2. The highest BCUT2D eigenvalue weighted by atomic mass is 127. The van der Waals surface area contributed by atoms with Crippen LogP contribution in [0.25, 0.3) is 0 Å². The van der Waals surface area contributed by atoms with Gasteiger partial charge in [0.05, 0.1) is 6.54 Å². The lowest BCUT2D eigenvalue weighted by atomic mass is 10.2. The topological polar surface area (TPSA) is 42.9 Å². The summed E-state index contributed by atoms with van der Waals surface area (Å²) in [5, 5.41) is 6.53. The Hall–Kier alpha value is -0.290. The molecule has 0 aliphatic carbocycles. The molecule has 0 amide bonds. The summed E-state index contributed by atoms with van der Waals surface area (Å²) in [5.74, 6) is 0.684. The molecule has 2 fully saturated rings. The van der Waals surface area contributed by atoms with E-state index in [-0.39, 0.29) is 30.0 Å². The van der Waals surface area contributed by atoms with Crippen molar-refractivity contribution in [1.29, 1.82) is 0 Å². The van der Waals surface area contributed by atoms with Crippen molar-refractivity contribution in [3.05, 3.63) is 0 Å². The van der Waals surface area contributed by atoms with Crippen molar-refractivity contribution in [1.82, 2.24) is 20.4 Å². The van der Waals surface area contributed by atoms with Gasteiger partial charge in [0.1, 0.15) is 0 Å². The van der Waals surface area contributed by atoms with E-state index in [9.17, 15) is 13.2 Å². The Morgan fingerprint density at radius 2 is 1.76 bits per heavy atom. The molecule has 2 rings (SSSR count). The lowest BCUT2D eigenvalue weighted by Gasteiger charge is -2.22. The smallest absolute Gasteiger partial charge is 0.355 e. The average Bonchev–Trinajstić information content (AvgIpc) is 2.77. The Labute approximate surface area is 165 Å². The third-order valence-electron chi connectivity index (χ3n) is 4.66. The fraction of sp³-hybridized carbons (Fsp3) is 0.938. The van der Waals surface area contributed by atoms with Crippen molar-refractivity contribution in [2.45, 2.75) is 44.3 Å². The van der Waals surface area contributed by atoms with Gasteiger partial charge < -0.3 is 15.5 Å². The molecular formula is C16H31F3IN5. The van der Waals surface area contributed by atoms with Crippen LogP contribution in [-0.4, -0.2) is 80.8 Å². The Morgan fingerprint density at radius 3 is 2.36 bits per heavy atom. The molecule has 5 nitrogen and oxygen atoms in total. The highest BCUT2D eigenvalue weighted by molar-refractivity contribution is 14.0. The van der Waals surface area contributed by atoms with Crippen LogP contribution in [0, 0.1) is 0 Å². The molecule has 0 radical (unpaired) electrons. The zero-order valence-electron chi connectivity index (χ0n) is 14.9. The second kappa shape index (κ2) is 11.4. The lowest BCUT2D eigenvalue weighted by molar-refractivity contribution is -0.143. The molecule has 2 aliphatic heterocycles. The van der Waals surface area contributed by atoms with Gasteiger partial charge in [-0.25, -0.2) is 0 Å². The predicted molar refractivity (Wildman–Crippen MR) is 106 cm³/mol. The maximum atomic E-state index is 12.4. The normalized spacial score (nSPS) is 23.8. The van der Waals surface area contributed by atoms with Crippen molar-refractivity contribution in [3.63, 3.8) is 0 Å². The van der Waals surface area contributed by atoms with E-state index in [0.29, 0.717) is 25.5 Å². The number of hydrogen-bond acceptors (Lipinski definition) is 3. The zero-order valence-corrected chi connectivity index (χ0v) is 17.3. The van der Waals surface area contributed by atoms with Crippen molar-refractivity contribution < 1.29 is 13.2 Å². The van der Waals surface area contributed by atoms with E-state index in [4.69, 9.17) is 0 Å². The van der Waals surface area contributed by atoms with Crippen LogP contribution >= 0.6 is 24.0 Å². The summed E-state index contributed by atoms with van der Waals surface area (Å²) < 4.78 is 37.3. The van der Waals surface area contributed by atoms with E-state index in [1.165, 1.54) is 30.6 Å². The van der Waals surface area contributed by atoms with Crippen LogP contribution in [0.5, 0.6) is 0 Å². The molecule has 2 aliphatic rings. The molecule has 0 aromatic rings. The number of likely N-dealkylation sites (tertiary alicyclic amines) is 2. The van der Waals surface area contributed by atoms with Crippen LogP contribution in [0.3, 0.4) is 0 Å². The van der Waals surface area contributed by atoms with E-state index in [1.54, 1.807) is 7.05 Å². The van der Waals surface area contributed by atoms with Crippen LogP contribution in [-0.2, 0) is 0 Å². The largest absolute Gasteiger partial charge is 0.401 e. The van der Waals surface area contributed by atoms with Crippen LogP contribution in [0.15, 0.2) is 4.99 Å². The summed E-state index contributed by atoms with van der Waals surface area (Å²) in [6.45, 7) is 4.15. The van der Waals surface area contributed by atoms with E-state index >= 15 is 0 Å². The molecule has 9 heteroatoms. The molecule has 2 N–H and O–H groups in total. The zero-order chi connectivity index (χ0) is 17.4. The molecule has 2 saturated heterocycles. The van der Waals surface area contributed by atoms with Gasteiger partial charge in [0.2, 0.25) is 0 Å². The minimum Gasteiger partial charge on any atom is -0.355 e. The summed E-state index contributed by atoms with van der Waals surface area (Å²) >= 11 is 0. The van der Waals surface area contributed by atoms with Crippen LogP contribution < -0.4 is 10.6 Å². The van der Waals surface area contributed by atoms with Gasteiger partial charge in [0.15, 0.2) is 5.96 Å². The third-order valence-corrected chi connectivity index (χ3v) is 4.66. The summed E-state index contributed by atoms with van der Waals surface area (Å²) in [6, 6.07) is 0.0248. The summed E-state index contributed by atoms with van der Waals surface area (Å²) in [7, 11) is 1.70. The number of alkyl halides is 3. The standard InChI is InChI=1S/C16H30F3N5.HI/c1-20-15(21-7-11-23-8-4-2-3-5-9-23)22-14-6-10-24(12-14)13-16(17,18)19;/h14H,2-13H2,1H3,(H2,20,21,22);1H. The van der Waals surface area contributed by atoms with Gasteiger partial charge in [0, 0.05) is 39.3 Å². The molecule has 0 bridgehead atoms. The lowest BCUT2D eigenvalue weighted by Crippen LogP contribution is -2.47. The molecule has 0 aromatic heterocycles. The van der Waals surface area contributed by atoms with Crippen molar-refractivity contribution in [2.75, 3.05) is 52.9 Å². The van der Waals surface area contributed by atoms with Gasteiger partial charge in [-0.05, 0) is 32.4 Å². The summed E-state index contributed by atoms with van der Waals surface area (Å²) in [6.07, 6.45) is 1.77. The summed E-state index contributed by atoms with van der Waals surface area (Å²) in [4.78, 5) is 8.10. The Bertz CT molecular complexity index is 398. The number of halogens is 4. The molecule has 1 unspecified atom stereocenters. The molecule has 0 aromatic carbocycles. The molecule has 148 valence electrons. The maximum Gasteiger partial charge on any atom is 0.401 e. The van der Waals surface area contributed by atoms with E-state index in [1.807, 2.05) is 0 Å². The van der Waals surface area contributed by atoms with Gasteiger partial charge in [-0.15, -0.1) is 24.0 Å². The average molecular weight is 477 g/mol. The quantitative estimate of drug-likeness (QED) is 0.363. The maximum absolute atomic E-state index is 12.4. The van der Waals surface area contributed by atoms with Gasteiger partial charge in [0.25, 0.3) is 0 Å². The number of guanidine groups is 1. The number of nitrogens with zero attached hydrogens (tertiary/aromatic N) is 3. The predicted octanol–water partition coefficient (Wildman–Crippen LogP) is 2.28. The molecule has 2 heterocycles. The van der Waals surface area contributed by atoms with Gasteiger partial charge >= 0.3 is 6.18 Å². The Kier molecular flexibility index (Phi) is 10.4. The van der Waals surface area contributed by atoms with E-state index in [0.717, 1.165) is 26.2 Å². The third kappa shape index (κ3) is 9.28. The first-order valence-corrected chi connectivity index (χ1v) is 8.95. The van der Waals surface area contributed by atoms with Crippen LogP contribution in [0.2, 0.25) is 0 Å². The molecule has 1 atom stereocenters. The van der Waals surface area contributed by atoms with Gasteiger partial charge in [-0.3, -0.25) is 9.89 Å².